The summed E-state index contributed by atoms with van der Waals surface area (Å²) in [5.74, 6) is 1.49. The van der Waals surface area contributed by atoms with Crippen molar-refractivity contribution in [1.29, 1.82) is 0 Å². The SMILES string of the molecule is C#C[C@@H](Nc1ncnc2c1cc(C1(O)CC3CCC(C1)N3)c(=O)n2C)c1cccc(C(F)F)c1F. The Bertz CT molecular complexity index is 1390. The van der Waals surface area contributed by atoms with Gasteiger partial charge >= 0.3 is 0 Å². The number of hydrogen-bond acceptors (Lipinski definition) is 6. The van der Waals surface area contributed by atoms with E-state index in [2.05, 4.69) is 26.5 Å². The van der Waals surface area contributed by atoms with E-state index in [4.69, 9.17) is 6.42 Å². The molecular weight excluding hydrogens is 459 g/mol. The van der Waals surface area contributed by atoms with Crippen LogP contribution < -0.4 is 16.2 Å². The minimum absolute atomic E-state index is 0.125. The van der Waals surface area contributed by atoms with E-state index in [0.29, 0.717) is 18.2 Å². The van der Waals surface area contributed by atoms with E-state index in [1.54, 1.807) is 13.1 Å². The highest BCUT2D eigenvalue weighted by Crippen LogP contribution is 2.40. The number of hydrogen-bond donors (Lipinski definition) is 3. The maximum absolute atomic E-state index is 14.8. The predicted octanol–water partition coefficient (Wildman–Crippen LogP) is 3.29. The van der Waals surface area contributed by atoms with Crippen molar-refractivity contribution in [2.45, 2.75) is 55.8 Å². The molecule has 7 nitrogen and oxygen atoms in total. The number of rotatable bonds is 5. The molecule has 5 rings (SSSR count). The van der Waals surface area contributed by atoms with Gasteiger partial charge in [0.25, 0.3) is 12.0 Å². The van der Waals surface area contributed by atoms with Crippen LogP contribution >= 0.6 is 0 Å². The summed E-state index contributed by atoms with van der Waals surface area (Å²) in [6.07, 6.45) is 6.54. The Morgan fingerprint density at radius 2 is 1.94 bits per heavy atom. The molecular formula is C25H24F3N5O2. The molecule has 10 heteroatoms. The van der Waals surface area contributed by atoms with Gasteiger partial charge in [0, 0.05) is 30.3 Å². The van der Waals surface area contributed by atoms with Gasteiger partial charge < -0.3 is 15.7 Å². The molecule has 3 atom stereocenters. The second-order valence-corrected chi connectivity index (χ2v) is 9.25. The van der Waals surface area contributed by atoms with Crippen molar-refractivity contribution in [2.24, 2.45) is 7.05 Å². The maximum Gasteiger partial charge on any atom is 0.266 e. The summed E-state index contributed by atoms with van der Waals surface area (Å²) in [6.45, 7) is 0. The number of halogens is 3. The Balaban J connectivity index is 1.60. The zero-order valence-electron chi connectivity index (χ0n) is 18.9. The van der Waals surface area contributed by atoms with Crippen LogP contribution in [0.15, 0.2) is 35.4 Å². The molecule has 182 valence electrons. The number of anilines is 1. The molecule has 0 amide bonds. The fraction of sp³-hybridized carbons (Fsp3) is 0.400. The average molecular weight is 483 g/mol. The van der Waals surface area contributed by atoms with Gasteiger partial charge in [0.2, 0.25) is 0 Å². The molecule has 2 saturated heterocycles. The van der Waals surface area contributed by atoms with Crippen LogP contribution in [0.5, 0.6) is 0 Å². The number of nitrogens with zero attached hydrogens (tertiary/aromatic N) is 3. The predicted molar refractivity (Wildman–Crippen MR) is 124 cm³/mol. The highest BCUT2D eigenvalue weighted by molar-refractivity contribution is 5.87. The minimum atomic E-state index is -2.99. The lowest BCUT2D eigenvalue weighted by atomic mass is 9.81. The Morgan fingerprint density at radius 1 is 1.26 bits per heavy atom. The van der Waals surface area contributed by atoms with E-state index < -0.39 is 29.4 Å². The monoisotopic (exact) mass is 483 g/mol. The average Bonchev–Trinajstić information content (AvgIpc) is 3.18. The molecule has 2 unspecified atom stereocenters. The van der Waals surface area contributed by atoms with Crippen LogP contribution in [-0.4, -0.2) is 31.7 Å². The highest BCUT2D eigenvalue weighted by atomic mass is 19.3. The molecule has 35 heavy (non-hydrogen) atoms. The first-order valence-electron chi connectivity index (χ1n) is 11.3. The first kappa shape index (κ1) is 23.3. The van der Waals surface area contributed by atoms with Crippen molar-refractivity contribution in [3.05, 3.63) is 63.5 Å². The lowest BCUT2D eigenvalue weighted by molar-refractivity contribution is -0.0128. The van der Waals surface area contributed by atoms with Crippen molar-refractivity contribution in [1.82, 2.24) is 19.9 Å². The topological polar surface area (TPSA) is 92.1 Å². The zero-order chi connectivity index (χ0) is 24.9. The lowest BCUT2D eigenvalue weighted by Crippen LogP contribution is -2.49. The Kier molecular flexibility index (Phi) is 5.77. The third kappa shape index (κ3) is 3.94. The third-order valence-corrected chi connectivity index (χ3v) is 7.06. The van der Waals surface area contributed by atoms with Crippen LogP contribution in [0.3, 0.4) is 0 Å². The van der Waals surface area contributed by atoms with E-state index in [-0.39, 0.29) is 40.2 Å². The van der Waals surface area contributed by atoms with Gasteiger partial charge in [-0.3, -0.25) is 9.36 Å². The van der Waals surface area contributed by atoms with Crippen molar-refractivity contribution < 1.29 is 18.3 Å². The van der Waals surface area contributed by atoms with Gasteiger partial charge in [0.05, 0.1) is 16.6 Å². The van der Waals surface area contributed by atoms with Crippen LogP contribution in [0.2, 0.25) is 0 Å². The van der Waals surface area contributed by atoms with Crippen molar-refractivity contribution in [3.63, 3.8) is 0 Å². The van der Waals surface area contributed by atoms with Gasteiger partial charge in [-0.15, -0.1) is 6.42 Å². The fourth-order valence-electron chi connectivity index (χ4n) is 5.37. The second kappa shape index (κ2) is 8.66. The van der Waals surface area contributed by atoms with Gasteiger partial charge in [-0.05, 0) is 31.7 Å². The number of benzene rings is 1. The Labute approximate surface area is 199 Å². The number of aryl methyl sites for hydroxylation is 1. The molecule has 1 aromatic carbocycles. The molecule has 3 N–H and O–H groups in total. The van der Waals surface area contributed by atoms with Gasteiger partial charge in [-0.2, -0.15) is 0 Å². The van der Waals surface area contributed by atoms with Crippen molar-refractivity contribution in [3.8, 4) is 12.3 Å². The molecule has 2 aliphatic rings. The molecule has 3 aromatic rings. The summed E-state index contributed by atoms with van der Waals surface area (Å²) < 4.78 is 42.6. The molecule has 0 spiro atoms. The van der Waals surface area contributed by atoms with E-state index >= 15 is 0 Å². The Hall–Kier alpha value is -3.42. The van der Waals surface area contributed by atoms with Crippen molar-refractivity contribution in [2.75, 3.05) is 5.32 Å². The van der Waals surface area contributed by atoms with Crippen LogP contribution in [0.25, 0.3) is 11.0 Å². The molecule has 4 heterocycles. The van der Waals surface area contributed by atoms with Gasteiger partial charge in [-0.25, -0.2) is 23.1 Å². The first-order valence-corrected chi connectivity index (χ1v) is 11.3. The lowest BCUT2D eigenvalue weighted by Gasteiger charge is -2.37. The number of pyridine rings is 1. The fourth-order valence-corrected chi connectivity index (χ4v) is 5.37. The van der Waals surface area contributed by atoms with Gasteiger partial charge in [0.1, 0.15) is 29.7 Å². The summed E-state index contributed by atoms with van der Waals surface area (Å²) in [5.41, 5.74) is -2.05. The maximum atomic E-state index is 14.8. The molecule has 0 aliphatic carbocycles. The van der Waals surface area contributed by atoms with Crippen LogP contribution in [0.1, 0.15) is 54.8 Å². The van der Waals surface area contributed by atoms with E-state index in [9.17, 15) is 23.1 Å². The smallest absolute Gasteiger partial charge is 0.266 e. The van der Waals surface area contributed by atoms with Crippen molar-refractivity contribution >= 4 is 16.9 Å². The largest absolute Gasteiger partial charge is 0.385 e. The first-order chi connectivity index (χ1) is 16.7. The summed E-state index contributed by atoms with van der Waals surface area (Å²) in [7, 11) is 1.55. The molecule has 0 saturated carbocycles. The zero-order valence-corrected chi connectivity index (χ0v) is 18.9. The van der Waals surface area contributed by atoms with Crippen LogP contribution in [0.4, 0.5) is 19.0 Å². The van der Waals surface area contributed by atoms with E-state index in [1.807, 2.05) is 0 Å². The molecule has 2 aromatic heterocycles. The second-order valence-electron chi connectivity index (χ2n) is 9.25. The summed E-state index contributed by atoms with van der Waals surface area (Å²) in [5, 5.41) is 18.3. The molecule has 2 aliphatic heterocycles. The van der Waals surface area contributed by atoms with Gasteiger partial charge in [0.15, 0.2) is 0 Å². The van der Waals surface area contributed by atoms with E-state index in [1.165, 1.54) is 23.0 Å². The number of nitrogens with one attached hydrogen (secondary N) is 2. The number of fused-ring (bicyclic) bond motifs is 3. The number of piperidine rings is 1. The number of alkyl halides is 2. The molecule has 0 radical (unpaired) electrons. The number of aromatic nitrogens is 3. The summed E-state index contributed by atoms with van der Waals surface area (Å²) >= 11 is 0. The minimum Gasteiger partial charge on any atom is -0.385 e. The van der Waals surface area contributed by atoms with Gasteiger partial charge in [-0.1, -0.05) is 24.1 Å². The normalized spacial score (nSPS) is 24.5. The summed E-state index contributed by atoms with van der Waals surface area (Å²) in [4.78, 5) is 21.7. The van der Waals surface area contributed by atoms with Crippen LogP contribution in [-0.2, 0) is 12.6 Å². The molecule has 2 bridgehead atoms. The number of aliphatic hydroxyl groups is 1. The standard InChI is InChI=1S/C25H24F3N5O2/c1-3-19(15-5-4-6-16(20(15)26)21(27)28)32-22-17-9-18(24(34)33(2)23(17)30-12-29-22)25(35)10-13-7-8-14(11-25)31-13/h1,4-6,9,12-14,19,21,31,35H,7-8,10-11H2,2H3,(H,29,30,32)/t13?,14?,19-,25?/m1/s1. The molecule has 2 fully saturated rings. The van der Waals surface area contributed by atoms with Crippen LogP contribution in [0, 0.1) is 18.2 Å². The highest BCUT2D eigenvalue weighted by Gasteiger charge is 2.45. The Morgan fingerprint density at radius 3 is 2.60 bits per heavy atom. The quantitative estimate of drug-likeness (QED) is 0.483. The summed E-state index contributed by atoms with van der Waals surface area (Å²) in [6, 6.07) is 4.34. The number of terminal acetylenes is 1. The third-order valence-electron chi connectivity index (χ3n) is 7.06. The van der Waals surface area contributed by atoms with E-state index in [0.717, 1.165) is 18.9 Å².